The van der Waals surface area contributed by atoms with Gasteiger partial charge in [0.15, 0.2) is 23.0 Å². The van der Waals surface area contributed by atoms with Gasteiger partial charge >= 0.3 is 0 Å². The maximum atomic E-state index is 13.1. The van der Waals surface area contributed by atoms with E-state index in [-0.39, 0.29) is 22.9 Å². The Hall–Kier alpha value is -4.95. The molecule has 1 aromatic heterocycles. The topological polar surface area (TPSA) is 158 Å². The summed E-state index contributed by atoms with van der Waals surface area (Å²) in [6, 6.07) is 11.4. The van der Waals surface area contributed by atoms with E-state index in [0.717, 1.165) is 24.3 Å². The number of nitro groups is 1. The third-order valence-electron chi connectivity index (χ3n) is 6.58. The molecule has 0 radical (unpaired) electrons. The normalized spacial score (nSPS) is 11.1. The van der Waals surface area contributed by atoms with Gasteiger partial charge in [-0.25, -0.2) is 13.1 Å². The van der Waals surface area contributed by atoms with E-state index in [1.54, 1.807) is 24.3 Å². The number of benzene rings is 3. The standard InChI is InChI=1S/C29H30N2O11S/c1-36-22-11-17(12-23(37-2)28(22)40-5)21-16-42-26(15-30-43(34,35)20-9-7-19(8-10-20)31(32)33)27(21)18-13-24(38-3)29(41-6)25(14-18)39-4/h7-14,16,30H,15H2,1-6H3. The molecule has 0 unspecified atom stereocenters. The summed E-state index contributed by atoms with van der Waals surface area (Å²) in [5.74, 6) is 2.54. The van der Waals surface area contributed by atoms with E-state index >= 15 is 0 Å². The summed E-state index contributed by atoms with van der Waals surface area (Å²) in [5, 5.41) is 11.0. The van der Waals surface area contributed by atoms with E-state index in [2.05, 4.69) is 4.72 Å². The van der Waals surface area contributed by atoms with Gasteiger partial charge in [-0.3, -0.25) is 10.1 Å². The number of methoxy groups -OCH3 is 6. The first kappa shape index (κ1) is 31.0. The zero-order valence-corrected chi connectivity index (χ0v) is 25.1. The molecule has 0 atom stereocenters. The number of rotatable bonds is 13. The molecule has 0 amide bonds. The second kappa shape index (κ2) is 12.9. The summed E-state index contributed by atoms with van der Waals surface area (Å²) in [7, 11) is 4.85. The summed E-state index contributed by atoms with van der Waals surface area (Å²) in [6.45, 7) is -0.268. The van der Waals surface area contributed by atoms with Crippen LogP contribution in [0.25, 0.3) is 22.3 Å². The quantitative estimate of drug-likeness (QED) is 0.159. The van der Waals surface area contributed by atoms with E-state index in [1.807, 2.05) is 0 Å². The molecule has 14 heteroatoms. The zero-order valence-electron chi connectivity index (χ0n) is 24.2. The molecule has 0 fully saturated rings. The van der Waals surface area contributed by atoms with Crippen LogP contribution in [0.3, 0.4) is 0 Å². The van der Waals surface area contributed by atoms with Gasteiger partial charge in [0.05, 0.1) is 65.3 Å². The fourth-order valence-corrected chi connectivity index (χ4v) is 5.49. The van der Waals surface area contributed by atoms with Crippen molar-refractivity contribution >= 4 is 15.7 Å². The van der Waals surface area contributed by atoms with Gasteiger partial charge in [0.1, 0.15) is 5.76 Å². The Morgan fingerprint density at radius 2 is 1.21 bits per heavy atom. The molecule has 43 heavy (non-hydrogen) atoms. The lowest BCUT2D eigenvalue weighted by molar-refractivity contribution is -0.384. The molecule has 0 aliphatic carbocycles. The second-order valence-corrected chi connectivity index (χ2v) is 10.6. The number of nitrogens with one attached hydrogen (secondary N) is 1. The summed E-state index contributed by atoms with van der Waals surface area (Å²) >= 11 is 0. The summed E-state index contributed by atoms with van der Waals surface area (Å²) in [6.07, 6.45) is 1.48. The van der Waals surface area contributed by atoms with Crippen LogP contribution < -0.4 is 33.1 Å². The van der Waals surface area contributed by atoms with Gasteiger partial charge in [0.25, 0.3) is 5.69 Å². The van der Waals surface area contributed by atoms with Crippen LogP contribution in [0.15, 0.2) is 64.1 Å². The predicted octanol–water partition coefficient (Wildman–Crippen LogP) is 5.05. The van der Waals surface area contributed by atoms with E-state index in [4.69, 9.17) is 32.8 Å². The minimum absolute atomic E-state index is 0.149. The molecule has 0 aliphatic heterocycles. The SMILES string of the molecule is COc1cc(-c2coc(CNS(=O)(=O)c3ccc([N+](=O)[O-])cc3)c2-c2cc(OC)c(OC)c(OC)c2)cc(OC)c1OC. The molecule has 0 bridgehead atoms. The van der Waals surface area contributed by atoms with Crippen LogP contribution in [0.4, 0.5) is 5.69 Å². The van der Waals surface area contributed by atoms with Crippen molar-refractivity contribution in [1.29, 1.82) is 0 Å². The fraction of sp³-hybridized carbons (Fsp3) is 0.241. The minimum Gasteiger partial charge on any atom is -0.493 e. The van der Waals surface area contributed by atoms with Crippen molar-refractivity contribution in [2.45, 2.75) is 11.4 Å². The summed E-state index contributed by atoms with van der Waals surface area (Å²) in [5.41, 5.74) is 2.03. The first-order valence-corrected chi connectivity index (χ1v) is 14.1. The van der Waals surface area contributed by atoms with Crippen molar-refractivity contribution in [3.63, 3.8) is 0 Å². The summed E-state index contributed by atoms with van der Waals surface area (Å²) in [4.78, 5) is 10.2. The van der Waals surface area contributed by atoms with E-state index in [1.165, 1.54) is 48.9 Å². The van der Waals surface area contributed by atoms with Crippen molar-refractivity contribution in [2.75, 3.05) is 42.7 Å². The lowest BCUT2D eigenvalue weighted by Gasteiger charge is -2.17. The van der Waals surface area contributed by atoms with Crippen LogP contribution in [0.2, 0.25) is 0 Å². The van der Waals surface area contributed by atoms with Crippen molar-refractivity contribution in [2.24, 2.45) is 0 Å². The first-order chi connectivity index (χ1) is 20.6. The van der Waals surface area contributed by atoms with Gasteiger partial charge < -0.3 is 32.8 Å². The van der Waals surface area contributed by atoms with Crippen LogP contribution in [-0.4, -0.2) is 56.0 Å². The second-order valence-electron chi connectivity index (χ2n) is 8.85. The Balaban J connectivity index is 1.87. The minimum atomic E-state index is -4.08. The Bertz CT molecular complexity index is 1680. The lowest BCUT2D eigenvalue weighted by Crippen LogP contribution is -2.23. The molecule has 4 aromatic rings. The van der Waals surface area contributed by atoms with Gasteiger partial charge in [-0.05, 0) is 47.5 Å². The summed E-state index contributed by atoms with van der Waals surface area (Å²) < 4.78 is 67.8. The lowest BCUT2D eigenvalue weighted by atomic mass is 9.95. The number of hydrogen-bond donors (Lipinski definition) is 1. The predicted molar refractivity (Wildman–Crippen MR) is 156 cm³/mol. The van der Waals surface area contributed by atoms with E-state index in [0.29, 0.717) is 56.8 Å². The van der Waals surface area contributed by atoms with Gasteiger partial charge in [-0.1, -0.05) is 0 Å². The van der Waals surface area contributed by atoms with Gasteiger partial charge in [-0.15, -0.1) is 0 Å². The number of furan rings is 1. The molecule has 1 N–H and O–H groups in total. The molecule has 0 spiro atoms. The number of hydrogen-bond acceptors (Lipinski definition) is 11. The van der Waals surface area contributed by atoms with Crippen molar-refractivity contribution in [3.05, 3.63) is 70.7 Å². The maximum absolute atomic E-state index is 13.1. The Labute approximate surface area is 248 Å². The van der Waals surface area contributed by atoms with Gasteiger partial charge in [0.2, 0.25) is 21.5 Å². The monoisotopic (exact) mass is 614 g/mol. The molecule has 3 aromatic carbocycles. The number of nitro benzene ring substituents is 1. The van der Waals surface area contributed by atoms with Crippen molar-refractivity contribution in [1.82, 2.24) is 4.72 Å². The van der Waals surface area contributed by atoms with Crippen LogP contribution in [0.1, 0.15) is 5.76 Å². The number of sulfonamides is 1. The number of ether oxygens (including phenoxy) is 6. The largest absolute Gasteiger partial charge is 0.493 e. The van der Waals surface area contributed by atoms with E-state index in [9.17, 15) is 18.5 Å². The third-order valence-corrected chi connectivity index (χ3v) is 7.99. The molecule has 1 heterocycles. The Morgan fingerprint density at radius 3 is 1.63 bits per heavy atom. The molecule has 4 rings (SSSR count). The van der Waals surface area contributed by atoms with E-state index < -0.39 is 14.9 Å². The van der Waals surface area contributed by atoms with Crippen LogP contribution in [-0.2, 0) is 16.6 Å². The molecule has 0 saturated heterocycles. The van der Waals surface area contributed by atoms with Crippen molar-refractivity contribution < 1.29 is 46.2 Å². The van der Waals surface area contributed by atoms with Gasteiger partial charge in [-0.2, -0.15) is 0 Å². The molecule has 13 nitrogen and oxygen atoms in total. The van der Waals surface area contributed by atoms with Crippen LogP contribution in [0.5, 0.6) is 34.5 Å². The first-order valence-electron chi connectivity index (χ1n) is 12.6. The third kappa shape index (κ3) is 6.15. The highest BCUT2D eigenvalue weighted by atomic mass is 32.2. The Morgan fingerprint density at radius 1 is 0.744 bits per heavy atom. The zero-order chi connectivity index (χ0) is 31.3. The molecule has 0 aliphatic rings. The fourth-order valence-electron chi connectivity index (χ4n) is 4.51. The van der Waals surface area contributed by atoms with Crippen LogP contribution in [0, 0.1) is 10.1 Å². The van der Waals surface area contributed by atoms with Crippen LogP contribution >= 0.6 is 0 Å². The number of non-ortho nitro benzene ring substituents is 1. The van der Waals surface area contributed by atoms with Gasteiger partial charge in [0, 0.05) is 23.3 Å². The average molecular weight is 615 g/mol. The molecule has 0 saturated carbocycles. The smallest absolute Gasteiger partial charge is 0.269 e. The average Bonchev–Trinajstić information content (AvgIpc) is 3.46. The maximum Gasteiger partial charge on any atom is 0.269 e. The number of nitrogens with zero attached hydrogens (tertiary/aromatic N) is 1. The van der Waals surface area contributed by atoms with Crippen molar-refractivity contribution in [3.8, 4) is 56.8 Å². The molecule has 228 valence electrons. The Kier molecular flexibility index (Phi) is 9.31. The molecular weight excluding hydrogens is 584 g/mol. The highest BCUT2D eigenvalue weighted by Crippen LogP contribution is 2.48. The highest BCUT2D eigenvalue weighted by Gasteiger charge is 2.25. The molecular formula is C29H30N2O11S. The highest BCUT2D eigenvalue weighted by molar-refractivity contribution is 7.89.